The fourth-order valence-electron chi connectivity index (χ4n) is 3.59. The molecular formula is C23H21N. The summed E-state index contributed by atoms with van der Waals surface area (Å²) in [5, 5.41) is 0. The second-order valence-corrected chi connectivity index (χ2v) is 6.28. The predicted molar refractivity (Wildman–Crippen MR) is 102 cm³/mol. The Bertz CT molecular complexity index is 856. The van der Waals surface area contributed by atoms with Gasteiger partial charge in [-0.05, 0) is 57.9 Å². The number of hydrogen-bond acceptors (Lipinski definition) is 1. The van der Waals surface area contributed by atoms with Crippen LogP contribution in [0.25, 0.3) is 11.6 Å². The summed E-state index contributed by atoms with van der Waals surface area (Å²) < 4.78 is 0. The molecule has 0 unspecified atom stereocenters. The van der Waals surface area contributed by atoms with Gasteiger partial charge in [-0.25, -0.2) is 0 Å². The lowest BCUT2D eigenvalue weighted by Gasteiger charge is -2.13. The van der Waals surface area contributed by atoms with Crippen LogP contribution in [0.15, 0.2) is 72.8 Å². The molecule has 0 saturated heterocycles. The molecule has 1 aliphatic rings. The smallest absolute Gasteiger partial charge is 0.0184 e. The van der Waals surface area contributed by atoms with Crippen molar-refractivity contribution in [1.82, 2.24) is 0 Å². The van der Waals surface area contributed by atoms with E-state index in [-0.39, 0.29) is 0 Å². The first kappa shape index (κ1) is 14.9. The molecule has 24 heavy (non-hydrogen) atoms. The van der Waals surface area contributed by atoms with Crippen LogP contribution in [0.1, 0.15) is 33.4 Å². The predicted octanol–water partition coefficient (Wildman–Crippen LogP) is 4.83. The molecule has 1 nitrogen and oxygen atoms in total. The largest absolute Gasteiger partial charge is 0.326 e. The first-order valence-corrected chi connectivity index (χ1v) is 8.53. The summed E-state index contributed by atoms with van der Waals surface area (Å²) in [5.41, 5.74) is 15.2. The van der Waals surface area contributed by atoms with E-state index in [9.17, 15) is 0 Å². The summed E-state index contributed by atoms with van der Waals surface area (Å²) in [6.45, 7) is 0.559. The average molecular weight is 311 g/mol. The summed E-state index contributed by atoms with van der Waals surface area (Å²) in [6, 6.07) is 26.0. The fraction of sp³-hybridized carbons (Fsp3) is 0.130. The third-order valence-electron chi connectivity index (χ3n) is 4.85. The molecular weight excluding hydrogens is 290 g/mol. The van der Waals surface area contributed by atoms with Crippen LogP contribution in [0.4, 0.5) is 0 Å². The second-order valence-electron chi connectivity index (χ2n) is 6.28. The third kappa shape index (κ3) is 2.68. The van der Waals surface area contributed by atoms with Gasteiger partial charge in [0.1, 0.15) is 0 Å². The average Bonchev–Trinajstić information content (AvgIpc) is 2.80. The van der Waals surface area contributed by atoms with Crippen molar-refractivity contribution in [3.05, 3.63) is 106 Å². The Kier molecular flexibility index (Phi) is 4.02. The molecule has 3 aromatic rings. The Hall–Kier alpha value is -2.64. The maximum atomic E-state index is 5.95. The molecule has 0 amide bonds. The van der Waals surface area contributed by atoms with Crippen LogP contribution in [0.2, 0.25) is 0 Å². The lowest BCUT2D eigenvalue weighted by atomic mass is 9.91. The quantitative estimate of drug-likeness (QED) is 0.720. The van der Waals surface area contributed by atoms with E-state index in [1.165, 1.54) is 39.0 Å². The van der Waals surface area contributed by atoms with Crippen molar-refractivity contribution in [2.24, 2.45) is 5.73 Å². The van der Waals surface area contributed by atoms with Crippen LogP contribution < -0.4 is 5.73 Å². The van der Waals surface area contributed by atoms with Gasteiger partial charge in [0.2, 0.25) is 0 Å². The minimum atomic E-state index is 0.559. The summed E-state index contributed by atoms with van der Waals surface area (Å²) in [7, 11) is 0. The molecule has 2 N–H and O–H groups in total. The van der Waals surface area contributed by atoms with Crippen molar-refractivity contribution < 1.29 is 0 Å². The Labute approximate surface area is 143 Å². The van der Waals surface area contributed by atoms with Crippen molar-refractivity contribution in [3.63, 3.8) is 0 Å². The lowest BCUT2D eigenvalue weighted by molar-refractivity contribution is 0.965. The molecule has 0 fully saturated rings. The molecule has 0 radical (unpaired) electrons. The summed E-state index contributed by atoms with van der Waals surface area (Å²) in [5.74, 6) is 0. The zero-order chi connectivity index (χ0) is 16.4. The molecule has 0 bridgehead atoms. The number of hydrogen-bond donors (Lipinski definition) is 1. The van der Waals surface area contributed by atoms with Crippen LogP contribution in [0.3, 0.4) is 0 Å². The summed E-state index contributed by atoms with van der Waals surface area (Å²) in [4.78, 5) is 0. The molecule has 0 atom stereocenters. The van der Waals surface area contributed by atoms with Crippen LogP contribution in [-0.4, -0.2) is 0 Å². The Morgan fingerprint density at radius 1 is 0.708 bits per heavy atom. The lowest BCUT2D eigenvalue weighted by Crippen LogP contribution is -1.99. The molecule has 0 spiro atoms. The number of nitrogens with two attached hydrogens (primary N) is 1. The van der Waals surface area contributed by atoms with Crippen molar-refractivity contribution in [1.29, 1.82) is 0 Å². The van der Waals surface area contributed by atoms with Crippen molar-refractivity contribution in [2.45, 2.75) is 19.4 Å². The van der Waals surface area contributed by atoms with Gasteiger partial charge in [0.05, 0.1) is 0 Å². The Morgan fingerprint density at radius 3 is 1.88 bits per heavy atom. The molecule has 3 aromatic carbocycles. The molecule has 1 heteroatoms. The zero-order valence-electron chi connectivity index (χ0n) is 13.7. The van der Waals surface area contributed by atoms with Crippen LogP contribution >= 0.6 is 0 Å². The minimum absolute atomic E-state index is 0.559. The molecule has 0 heterocycles. The van der Waals surface area contributed by atoms with E-state index in [0.29, 0.717) is 6.54 Å². The Balaban J connectivity index is 1.98. The first-order valence-electron chi connectivity index (χ1n) is 8.53. The highest BCUT2D eigenvalue weighted by Gasteiger charge is 2.17. The van der Waals surface area contributed by atoms with Gasteiger partial charge in [-0.3, -0.25) is 0 Å². The van der Waals surface area contributed by atoms with Crippen LogP contribution in [0.5, 0.6) is 0 Å². The van der Waals surface area contributed by atoms with Gasteiger partial charge < -0.3 is 5.73 Å². The van der Waals surface area contributed by atoms with Crippen LogP contribution in [-0.2, 0) is 19.4 Å². The van der Waals surface area contributed by atoms with Crippen molar-refractivity contribution in [3.8, 4) is 0 Å². The van der Waals surface area contributed by atoms with Gasteiger partial charge in [0.25, 0.3) is 0 Å². The molecule has 0 aromatic heterocycles. The standard InChI is InChI=1S/C23H21N/c24-16-20-10-2-1-9-19(20)15-23-21-11-5-3-7-17(21)13-14-18-8-4-6-12-22(18)23/h1-12,15H,13-14,16,24H2. The molecule has 0 aliphatic heterocycles. The zero-order valence-corrected chi connectivity index (χ0v) is 13.7. The van der Waals surface area contributed by atoms with Gasteiger partial charge >= 0.3 is 0 Å². The number of benzene rings is 3. The van der Waals surface area contributed by atoms with Gasteiger partial charge in [0.15, 0.2) is 0 Å². The number of rotatable bonds is 2. The van der Waals surface area contributed by atoms with E-state index in [0.717, 1.165) is 12.8 Å². The number of fused-ring (bicyclic) bond motifs is 2. The second kappa shape index (κ2) is 6.46. The topological polar surface area (TPSA) is 26.0 Å². The minimum Gasteiger partial charge on any atom is -0.326 e. The monoisotopic (exact) mass is 311 g/mol. The highest BCUT2D eigenvalue weighted by molar-refractivity contribution is 5.94. The summed E-state index contributed by atoms with van der Waals surface area (Å²) in [6.07, 6.45) is 4.48. The number of aryl methyl sites for hydroxylation is 2. The Morgan fingerprint density at radius 2 is 1.25 bits per heavy atom. The van der Waals surface area contributed by atoms with E-state index in [1.54, 1.807) is 0 Å². The highest BCUT2D eigenvalue weighted by atomic mass is 14.5. The van der Waals surface area contributed by atoms with Crippen molar-refractivity contribution >= 4 is 11.6 Å². The van der Waals surface area contributed by atoms with Crippen LogP contribution in [0, 0.1) is 0 Å². The summed E-state index contributed by atoms with van der Waals surface area (Å²) >= 11 is 0. The van der Waals surface area contributed by atoms with Gasteiger partial charge in [-0.15, -0.1) is 0 Å². The highest BCUT2D eigenvalue weighted by Crippen LogP contribution is 2.35. The molecule has 4 rings (SSSR count). The van der Waals surface area contributed by atoms with E-state index >= 15 is 0 Å². The maximum Gasteiger partial charge on any atom is 0.0184 e. The van der Waals surface area contributed by atoms with E-state index in [4.69, 9.17) is 5.73 Å². The van der Waals surface area contributed by atoms with E-state index in [1.807, 2.05) is 0 Å². The van der Waals surface area contributed by atoms with Crippen molar-refractivity contribution in [2.75, 3.05) is 0 Å². The van der Waals surface area contributed by atoms with E-state index < -0.39 is 0 Å². The first-order chi connectivity index (χ1) is 11.9. The molecule has 118 valence electrons. The third-order valence-corrected chi connectivity index (χ3v) is 4.85. The normalized spacial score (nSPS) is 13.0. The molecule has 0 saturated carbocycles. The SMILES string of the molecule is NCc1ccccc1C=C1c2ccccc2CCc2ccccc21. The van der Waals surface area contributed by atoms with E-state index in [2.05, 4.69) is 78.9 Å². The van der Waals surface area contributed by atoms with Gasteiger partial charge in [-0.1, -0.05) is 72.8 Å². The maximum absolute atomic E-state index is 5.95. The van der Waals surface area contributed by atoms with Gasteiger partial charge in [0, 0.05) is 6.54 Å². The molecule has 1 aliphatic carbocycles. The van der Waals surface area contributed by atoms with Gasteiger partial charge in [-0.2, -0.15) is 0 Å². The fourth-order valence-corrected chi connectivity index (χ4v) is 3.59.